The van der Waals surface area contributed by atoms with Crippen LogP contribution < -0.4 is 16.0 Å². The van der Waals surface area contributed by atoms with E-state index in [1.807, 2.05) is 0 Å². The van der Waals surface area contributed by atoms with Gasteiger partial charge in [-0.1, -0.05) is 17.7 Å². The molecule has 0 amide bonds. The fraction of sp³-hybridized carbons (Fsp3) is 0.100. The van der Waals surface area contributed by atoms with Crippen LogP contribution in [0.3, 0.4) is 0 Å². The van der Waals surface area contributed by atoms with Gasteiger partial charge in [0.1, 0.15) is 29.0 Å². The van der Waals surface area contributed by atoms with Gasteiger partial charge in [-0.05, 0) is 36.8 Å². The van der Waals surface area contributed by atoms with Crippen LogP contribution in [-0.4, -0.2) is 19.5 Å². The van der Waals surface area contributed by atoms with E-state index in [2.05, 4.69) is 15.0 Å². The van der Waals surface area contributed by atoms with E-state index < -0.39 is 17.1 Å². The fourth-order valence-corrected chi connectivity index (χ4v) is 3.06. The zero-order chi connectivity index (χ0) is 20.5. The first-order valence-electron chi connectivity index (χ1n) is 8.58. The van der Waals surface area contributed by atoms with Gasteiger partial charge in [0.15, 0.2) is 0 Å². The molecule has 1 N–H and O–H groups in total. The van der Waals surface area contributed by atoms with Gasteiger partial charge in [-0.3, -0.25) is 9.78 Å². The quantitative estimate of drug-likeness (QED) is 0.520. The number of rotatable bonds is 4. The van der Waals surface area contributed by atoms with Gasteiger partial charge in [0.2, 0.25) is 0 Å². The summed E-state index contributed by atoms with van der Waals surface area (Å²) in [6, 6.07) is 9.09. The Morgan fingerprint density at radius 1 is 1.21 bits per heavy atom. The van der Waals surface area contributed by atoms with Crippen molar-refractivity contribution in [3.63, 3.8) is 0 Å². The van der Waals surface area contributed by atoms with E-state index in [0.29, 0.717) is 17.0 Å². The monoisotopic (exact) mass is 412 g/mol. The van der Waals surface area contributed by atoms with Crippen molar-refractivity contribution in [1.29, 1.82) is 0 Å². The average Bonchev–Trinajstić information content (AvgIpc) is 2.70. The molecule has 1 aromatic carbocycles. The van der Waals surface area contributed by atoms with Crippen molar-refractivity contribution < 1.29 is 9.13 Å². The van der Waals surface area contributed by atoms with Crippen molar-refractivity contribution in [1.82, 2.24) is 19.5 Å². The second-order valence-corrected chi connectivity index (χ2v) is 6.68. The third-order valence-electron chi connectivity index (χ3n) is 4.38. The molecule has 3 heterocycles. The van der Waals surface area contributed by atoms with Gasteiger partial charge >= 0.3 is 5.69 Å². The highest BCUT2D eigenvalue weighted by molar-refractivity contribution is 6.30. The van der Waals surface area contributed by atoms with Crippen molar-refractivity contribution >= 4 is 22.5 Å². The van der Waals surface area contributed by atoms with Crippen molar-refractivity contribution in [3.8, 4) is 11.4 Å². The smallest absolute Gasteiger partial charge is 0.333 e. The van der Waals surface area contributed by atoms with Gasteiger partial charge in [-0.25, -0.2) is 18.7 Å². The second-order valence-electron chi connectivity index (χ2n) is 6.29. The Kier molecular flexibility index (Phi) is 4.85. The number of hydrogen-bond acceptors (Lipinski definition) is 5. The maximum Gasteiger partial charge on any atom is 0.333 e. The third-order valence-corrected chi connectivity index (χ3v) is 4.59. The summed E-state index contributed by atoms with van der Waals surface area (Å²) in [5.74, 6) is -0.123. The Hall–Kier alpha value is -3.52. The van der Waals surface area contributed by atoms with Crippen LogP contribution in [0.5, 0.6) is 5.75 Å². The number of fused-ring (bicyclic) bond motifs is 1. The van der Waals surface area contributed by atoms with Crippen molar-refractivity contribution in [2.75, 3.05) is 0 Å². The number of aryl methyl sites for hydroxylation is 1. The number of nitrogens with one attached hydrogen (secondary N) is 1. The number of aromatic nitrogens is 4. The molecule has 4 aromatic rings. The highest BCUT2D eigenvalue weighted by Crippen LogP contribution is 2.21. The van der Waals surface area contributed by atoms with Gasteiger partial charge in [0.25, 0.3) is 5.56 Å². The maximum atomic E-state index is 13.7. The topological polar surface area (TPSA) is 89.9 Å². The van der Waals surface area contributed by atoms with Crippen molar-refractivity contribution in [2.45, 2.75) is 13.5 Å². The number of hydrogen-bond donors (Lipinski definition) is 1. The summed E-state index contributed by atoms with van der Waals surface area (Å²) in [7, 11) is 0. The molecule has 0 atom stereocenters. The summed E-state index contributed by atoms with van der Waals surface area (Å²) < 4.78 is 20.4. The zero-order valence-corrected chi connectivity index (χ0v) is 15.9. The van der Waals surface area contributed by atoms with Crippen molar-refractivity contribution in [2.24, 2.45) is 0 Å². The molecule has 0 aliphatic carbocycles. The predicted octanol–water partition coefficient (Wildman–Crippen LogP) is 3.15. The van der Waals surface area contributed by atoms with Crippen LogP contribution in [0.4, 0.5) is 4.39 Å². The molecule has 9 heteroatoms. The standard InChI is InChI=1S/C20H14ClFN4O3/c1-11-4-5-12(29-10-16-14(22)3-2-6-23-16)7-17(11)26-19(27)13-8-18(21)24-9-15(13)25-20(26)28/h2-9H,10H2,1H3,(H,25,28). The van der Waals surface area contributed by atoms with Gasteiger partial charge in [0.05, 0.1) is 22.8 Å². The minimum absolute atomic E-state index is 0.0978. The van der Waals surface area contributed by atoms with Gasteiger partial charge < -0.3 is 9.72 Å². The predicted molar refractivity (Wildman–Crippen MR) is 106 cm³/mol. The minimum atomic E-state index is -0.623. The number of nitrogens with zero attached hydrogens (tertiary/aromatic N) is 3. The number of benzene rings is 1. The van der Waals surface area contributed by atoms with E-state index in [-0.39, 0.29) is 28.4 Å². The molecule has 146 valence electrons. The molecule has 0 aliphatic rings. The lowest BCUT2D eigenvalue weighted by atomic mass is 10.2. The van der Waals surface area contributed by atoms with E-state index >= 15 is 0 Å². The Bertz CT molecular complexity index is 1350. The summed E-state index contributed by atoms with van der Waals surface area (Å²) in [6.45, 7) is 1.66. The summed E-state index contributed by atoms with van der Waals surface area (Å²) in [5, 5.41) is 0.366. The number of ether oxygens (including phenoxy) is 1. The largest absolute Gasteiger partial charge is 0.487 e. The first-order valence-corrected chi connectivity index (χ1v) is 8.95. The first kappa shape index (κ1) is 18.8. The molecule has 0 aliphatic heterocycles. The molecule has 3 aromatic heterocycles. The van der Waals surface area contributed by atoms with E-state index in [1.165, 1.54) is 30.6 Å². The lowest BCUT2D eigenvalue weighted by Crippen LogP contribution is -2.34. The van der Waals surface area contributed by atoms with Crippen LogP contribution in [0.2, 0.25) is 5.15 Å². The van der Waals surface area contributed by atoms with E-state index in [4.69, 9.17) is 16.3 Å². The summed E-state index contributed by atoms with van der Waals surface area (Å²) in [4.78, 5) is 35.9. The van der Waals surface area contributed by atoms with Crippen molar-refractivity contribution in [3.05, 3.63) is 91.9 Å². The van der Waals surface area contributed by atoms with E-state index in [9.17, 15) is 14.0 Å². The number of H-pyrrole nitrogens is 1. The summed E-state index contributed by atoms with van der Waals surface area (Å²) in [5.41, 5.74) is 0.291. The molecule has 0 unspecified atom stereocenters. The second kappa shape index (κ2) is 7.48. The molecular formula is C20H14ClFN4O3. The van der Waals surface area contributed by atoms with Crippen LogP contribution in [0.25, 0.3) is 16.6 Å². The molecule has 0 fully saturated rings. The van der Waals surface area contributed by atoms with Crippen LogP contribution in [0.15, 0.2) is 58.4 Å². The molecule has 0 spiro atoms. The number of aromatic amines is 1. The highest BCUT2D eigenvalue weighted by atomic mass is 35.5. The van der Waals surface area contributed by atoms with Gasteiger partial charge in [-0.2, -0.15) is 0 Å². The lowest BCUT2D eigenvalue weighted by Gasteiger charge is -2.12. The Morgan fingerprint density at radius 3 is 2.83 bits per heavy atom. The van der Waals surface area contributed by atoms with Crippen LogP contribution in [-0.2, 0) is 6.61 Å². The molecule has 0 bridgehead atoms. The third kappa shape index (κ3) is 3.62. The Balaban J connectivity index is 1.78. The molecule has 7 nitrogen and oxygen atoms in total. The van der Waals surface area contributed by atoms with Crippen LogP contribution >= 0.6 is 11.6 Å². The zero-order valence-electron chi connectivity index (χ0n) is 15.1. The average molecular weight is 413 g/mol. The number of pyridine rings is 2. The Labute approximate surface area is 168 Å². The number of halogens is 2. The van der Waals surface area contributed by atoms with Gasteiger partial charge in [-0.15, -0.1) is 0 Å². The first-order chi connectivity index (χ1) is 13.9. The Morgan fingerprint density at radius 2 is 2.03 bits per heavy atom. The summed E-state index contributed by atoms with van der Waals surface area (Å²) >= 11 is 5.89. The van der Waals surface area contributed by atoms with Gasteiger partial charge in [0, 0.05) is 12.3 Å². The molecule has 29 heavy (non-hydrogen) atoms. The molecule has 4 rings (SSSR count). The van der Waals surface area contributed by atoms with Crippen LogP contribution in [0.1, 0.15) is 11.3 Å². The lowest BCUT2D eigenvalue weighted by molar-refractivity contribution is 0.294. The SMILES string of the molecule is Cc1ccc(OCc2ncccc2F)cc1-n1c(=O)[nH]c2cnc(Cl)cc2c1=O. The van der Waals surface area contributed by atoms with Crippen LogP contribution in [0, 0.1) is 12.7 Å². The van der Waals surface area contributed by atoms with E-state index in [1.54, 1.807) is 25.1 Å². The fourth-order valence-electron chi connectivity index (χ4n) is 2.91. The maximum absolute atomic E-state index is 13.7. The highest BCUT2D eigenvalue weighted by Gasteiger charge is 2.14. The van der Waals surface area contributed by atoms with E-state index in [0.717, 1.165) is 4.57 Å². The minimum Gasteiger partial charge on any atom is -0.487 e. The molecular weight excluding hydrogens is 399 g/mol. The molecule has 0 saturated carbocycles. The molecule has 0 radical (unpaired) electrons. The summed E-state index contributed by atoms with van der Waals surface area (Å²) in [6.07, 6.45) is 2.80. The molecule has 0 saturated heterocycles. The normalized spacial score (nSPS) is 11.0.